The largest absolute Gasteiger partial charge is 0.399 e. The van der Waals surface area contributed by atoms with Gasteiger partial charge in [0.15, 0.2) is 0 Å². The summed E-state index contributed by atoms with van der Waals surface area (Å²) in [4.78, 5) is 2.47. The Labute approximate surface area is 122 Å². The molecule has 1 aliphatic heterocycles. The molecule has 0 saturated carbocycles. The van der Waals surface area contributed by atoms with Crippen molar-refractivity contribution in [1.82, 2.24) is 0 Å². The van der Waals surface area contributed by atoms with Crippen LogP contribution in [0.15, 0.2) is 53.0 Å². The normalized spacial score (nSPS) is 18.8. The molecule has 1 aliphatic rings. The third kappa shape index (κ3) is 2.47. The highest BCUT2D eigenvalue weighted by molar-refractivity contribution is 9.10. The average molecular weight is 317 g/mol. The van der Waals surface area contributed by atoms with Crippen molar-refractivity contribution < 1.29 is 0 Å². The lowest BCUT2D eigenvalue weighted by molar-refractivity contribution is 0.718. The van der Waals surface area contributed by atoms with Crippen molar-refractivity contribution in [3.8, 4) is 0 Å². The molecule has 3 heteroatoms. The zero-order chi connectivity index (χ0) is 13.2. The number of nitrogens with zero attached hydrogens (tertiary/aromatic N) is 1. The van der Waals surface area contributed by atoms with Gasteiger partial charge in [0, 0.05) is 16.7 Å². The quantitative estimate of drug-likeness (QED) is 0.833. The van der Waals surface area contributed by atoms with Gasteiger partial charge in [-0.15, -0.1) is 0 Å². The molecular weight excluding hydrogens is 300 g/mol. The summed E-state index contributed by atoms with van der Waals surface area (Å²) in [5.74, 6) is 0. The van der Waals surface area contributed by atoms with Crippen LogP contribution in [-0.4, -0.2) is 6.54 Å². The lowest BCUT2D eigenvalue weighted by Crippen LogP contribution is -2.22. The van der Waals surface area contributed by atoms with Crippen LogP contribution in [0.4, 0.5) is 11.4 Å². The number of halogens is 1. The minimum atomic E-state index is 0.473. The first-order chi connectivity index (χ1) is 9.25. The van der Waals surface area contributed by atoms with Crippen molar-refractivity contribution in [2.75, 3.05) is 17.2 Å². The zero-order valence-electron chi connectivity index (χ0n) is 10.7. The van der Waals surface area contributed by atoms with E-state index in [-0.39, 0.29) is 0 Å². The fraction of sp³-hybridized carbons (Fsp3) is 0.250. The van der Waals surface area contributed by atoms with Crippen LogP contribution >= 0.6 is 15.9 Å². The first-order valence-electron chi connectivity index (χ1n) is 6.62. The van der Waals surface area contributed by atoms with Crippen LogP contribution in [0.5, 0.6) is 0 Å². The topological polar surface area (TPSA) is 29.3 Å². The number of rotatable bonds is 2. The molecule has 2 N–H and O–H groups in total. The third-order valence-electron chi connectivity index (χ3n) is 3.72. The lowest BCUT2D eigenvalue weighted by Gasteiger charge is -2.28. The van der Waals surface area contributed by atoms with Crippen LogP contribution in [0.1, 0.15) is 24.4 Å². The molecule has 1 unspecified atom stereocenters. The molecule has 3 rings (SSSR count). The van der Waals surface area contributed by atoms with Gasteiger partial charge in [0.05, 0.1) is 11.7 Å². The molecule has 1 saturated heterocycles. The van der Waals surface area contributed by atoms with E-state index in [1.54, 1.807) is 0 Å². The summed E-state index contributed by atoms with van der Waals surface area (Å²) in [5.41, 5.74) is 9.25. The van der Waals surface area contributed by atoms with Gasteiger partial charge in [-0.25, -0.2) is 0 Å². The zero-order valence-corrected chi connectivity index (χ0v) is 12.3. The maximum atomic E-state index is 5.82. The van der Waals surface area contributed by atoms with E-state index in [4.69, 9.17) is 5.73 Å². The number of hydrogen-bond donors (Lipinski definition) is 1. The lowest BCUT2D eigenvalue weighted by atomic mass is 10.0. The average Bonchev–Trinajstić information content (AvgIpc) is 2.89. The molecular formula is C16H17BrN2. The van der Waals surface area contributed by atoms with Crippen molar-refractivity contribution >= 4 is 27.3 Å². The van der Waals surface area contributed by atoms with E-state index in [0.717, 1.165) is 16.7 Å². The second-order valence-electron chi connectivity index (χ2n) is 4.97. The summed E-state index contributed by atoms with van der Waals surface area (Å²) in [5, 5.41) is 0. The van der Waals surface area contributed by atoms with E-state index in [0.29, 0.717) is 6.04 Å². The molecule has 0 aromatic heterocycles. The summed E-state index contributed by atoms with van der Waals surface area (Å²) in [6.07, 6.45) is 2.44. The summed E-state index contributed by atoms with van der Waals surface area (Å²) in [6, 6.07) is 17.3. The van der Waals surface area contributed by atoms with Crippen molar-refractivity contribution in [2.45, 2.75) is 18.9 Å². The first kappa shape index (κ1) is 12.5. The second kappa shape index (κ2) is 5.25. The Kier molecular flexibility index (Phi) is 3.47. The van der Waals surface area contributed by atoms with Gasteiger partial charge < -0.3 is 10.6 Å². The molecule has 0 spiro atoms. The third-order valence-corrected chi connectivity index (χ3v) is 4.35. The molecule has 0 amide bonds. The minimum Gasteiger partial charge on any atom is -0.399 e. The van der Waals surface area contributed by atoms with E-state index < -0.39 is 0 Å². The van der Waals surface area contributed by atoms with Gasteiger partial charge in [0.1, 0.15) is 0 Å². The second-order valence-corrected chi connectivity index (χ2v) is 5.83. The van der Waals surface area contributed by atoms with Gasteiger partial charge in [-0.3, -0.25) is 0 Å². The van der Waals surface area contributed by atoms with Gasteiger partial charge in [0.25, 0.3) is 0 Å². The van der Waals surface area contributed by atoms with Crippen LogP contribution in [0, 0.1) is 0 Å². The standard InChI is InChI=1S/C16H17BrN2/c17-14-11-13(18)8-9-16(14)19-10-4-7-15(19)12-5-2-1-3-6-12/h1-3,5-6,8-9,11,15H,4,7,10,18H2. The number of benzene rings is 2. The summed E-state index contributed by atoms with van der Waals surface area (Å²) < 4.78 is 1.08. The molecule has 1 atom stereocenters. The Hall–Kier alpha value is -1.48. The van der Waals surface area contributed by atoms with Crippen LogP contribution in [0.3, 0.4) is 0 Å². The number of hydrogen-bond acceptors (Lipinski definition) is 2. The maximum Gasteiger partial charge on any atom is 0.0543 e. The fourth-order valence-electron chi connectivity index (χ4n) is 2.83. The molecule has 2 aromatic carbocycles. The highest BCUT2D eigenvalue weighted by atomic mass is 79.9. The molecule has 19 heavy (non-hydrogen) atoms. The van der Waals surface area contributed by atoms with Crippen molar-refractivity contribution in [3.05, 3.63) is 58.6 Å². The van der Waals surface area contributed by atoms with E-state index in [1.165, 1.54) is 24.1 Å². The monoisotopic (exact) mass is 316 g/mol. The molecule has 1 fully saturated rings. The summed E-state index contributed by atoms with van der Waals surface area (Å²) >= 11 is 3.64. The molecule has 0 aliphatic carbocycles. The van der Waals surface area contributed by atoms with E-state index in [2.05, 4.69) is 57.2 Å². The predicted molar refractivity (Wildman–Crippen MR) is 84.3 cm³/mol. The number of anilines is 2. The van der Waals surface area contributed by atoms with Gasteiger partial charge in [-0.2, -0.15) is 0 Å². The van der Waals surface area contributed by atoms with Gasteiger partial charge in [-0.05, 0) is 52.5 Å². The Morgan fingerprint density at radius 2 is 1.89 bits per heavy atom. The Morgan fingerprint density at radius 3 is 2.63 bits per heavy atom. The Balaban J connectivity index is 1.95. The highest BCUT2D eigenvalue weighted by Gasteiger charge is 2.27. The van der Waals surface area contributed by atoms with Crippen molar-refractivity contribution in [3.63, 3.8) is 0 Å². The molecule has 98 valence electrons. The minimum absolute atomic E-state index is 0.473. The van der Waals surface area contributed by atoms with Gasteiger partial charge in [0.2, 0.25) is 0 Å². The highest BCUT2D eigenvalue weighted by Crippen LogP contribution is 2.39. The van der Waals surface area contributed by atoms with E-state index >= 15 is 0 Å². The SMILES string of the molecule is Nc1ccc(N2CCCC2c2ccccc2)c(Br)c1. The Morgan fingerprint density at radius 1 is 1.11 bits per heavy atom. The van der Waals surface area contributed by atoms with E-state index in [1.807, 2.05) is 12.1 Å². The van der Waals surface area contributed by atoms with Crippen LogP contribution in [-0.2, 0) is 0 Å². The van der Waals surface area contributed by atoms with Crippen LogP contribution < -0.4 is 10.6 Å². The molecule has 0 bridgehead atoms. The number of nitrogens with two attached hydrogens (primary N) is 1. The van der Waals surface area contributed by atoms with Gasteiger partial charge >= 0.3 is 0 Å². The van der Waals surface area contributed by atoms with Crippen LogP contribution in [0.25, 0.3) is 0 Å². The Bertz CT molecular complexity index is 568. The molecule has 2 aromatic rings. The first-order valence-corrected chi connectivity index (χ1v) is 7.41. The molecule has 0 radical (unpaired) electrons. The molecule has 1 heterocycles. The smallest absolute Gasteiger partial charge is 0.0543 e. The maximum absolute atomic E-state index is 5.82. The summed E-state index contributed by atoms with van der Waals surface area (Å²) in [6.45, 7) is 1.10. The van der Waals surface area contributed by atoms with Crippen molar-refractivity contribution in [1.29, 1.82) is 0 Å². The molecule has 2 nitrogen and oxygen atoms in total. The summed E-state index contributed by atoms with van der Waals surface area (Å²) in [7, 11) is 0. The van der Waals surface area contributed by atoms with Gasteiger partial charge in [-0.1, -0.05) is 30.3 Å². The predicted octanol–water partition coefficient (Wildman–Crippen LogP) is 4.37. The van der Waals surface area contributed by atoms with Crippen LogP contribution in [0.2, 0.25) is 0 Å². The van der Waals surface area contributed by atoms with Crippen molar-refractivity contribution in [2.24, 2.45) is 0 Å². The van der Waals surface area contributed by atoms with E-state index in [9.17, 15) is 0 Å². The number of nitrogen functional groups attached to an aromatic ring is 1. The fourth-order valence-corrected chi connectivity index (χ4v) is 3.46.